The van der Waals surface area contributed by atoms with Crippen molar-refractivity contribution in [3.05, 3.63) is 22.2 Å². The molecule has 0 radical (unpaired) electrons. The van der Waals surface area contributed by atoms with E-state index in [1.807, 2.05) is 12.1 Å². The first-order valence-corrected chi connectivity index (χ1v) is 9.84. The van der Waals surface area contributed by atoms with Crippen molar-refractivity contribution in [2.45, 2.75) is 39.2 Å². The van der Waals surface area contributed by atoms with Crippen LogP contribution in [0.4, 0.5) is 0 Å². The molecule has 1 saturated heterocycles. The van der Waals surface area contributed by atoms with E-state index >= 15 is 0 Å². The van der Waals surface area contributed by atoms with Crippen molar-refractivity contribution in [3.63, 3.8) is 0 Å². The van der Waals surface area contributed by atoms with Crippen LogP contribution in [0.15, 0.2) is 21.6 Å². The Morgan fingerprint density at radius 3 is 2.64 bits per heavy atom. The van der Waals surface area contributed by atoms with E-state index in [9.17, 15) is 0 Å². The lowest BCUT2D eigenvalue weighted by molar-refractivity contribution is 0.151. The van der Waals surface area contributed by atoms with E-state index in [2.05, 4.69) is 33.1 Å². The minimum absolute atomic E-state index is 0.572. The number of hydrogen-bond donors (Lipinski definition) is 1. The molecule has 1 spiro atoms. The molecule has 1 N–H and O–H groups in total. The fraction of sp³-hybridized carbons (Fsp3) is 0.632. The molecule has 5 nitrogen and oxygen atoms in total. The van der Waals surface area contributed by atoms with E-state index in [0.717, 1.165) is 41.4 Å². The molecule has 2 fully saturated rings. The summed E-state index contributed by atoms with van der Waals surface area (Å²) >= 11 is 3.56. The van der Waals surface area contributed by atoms with Gasteiger partial charge in [0.1, 0.15) is 0 Å². The molecule has 0 bridgehead atoms. The second-order valence-corrected chi connectivity index (χ2v) is 7.86. The van der Waals surface area contributed by atoms with Crippen molar-refractivity contribution >= 4 is 21.9 Å². The van der Waals surface area contributed by atoms with Gasteiger partial charge in [-0.05, 0) is 65.2 Å². The van der Waals surface area contributed by atoms with Gasteiger partial charge in [-0.1, -0.05) is 6.42 Å². The number of halogens is 1. The molecule has 6 heteroatoms. The highest BCUT2D eigenvalue weighted by atomic mass is 79.9. The van der Waals surface area contributed by atoms with Crippen LogP contribution >= 0.6 is 15.9 Å². The number of likely N-dealkylation sites (tertiary alicyclic amines) is 1. The molecule has 0 aromatic heterocycles. The van der Waals surface area contributed by atoms with E-state index in [4.69, 9.17) is 14.5 Å². The van der Waals surface area contributed by atoms with Gasteiger partial charge in [-0.15, -0.1) is 0 Å². The van der Waals surface area contributed by atoms with Gasteiger partial charge in [0.05, 0.1) is 25.2 Å². The Morgan fingerprint density at radius 2 is 2.08 bits per heavy atom. The van der Waals surface area contributed by atoms with Gasteiger partial charge >= 0.3 is 0 Å². The summed E-state index contributed by atoms with van der Waals surface area (Å²) in [7, 11) is 3.30. The van der Waals surface area contributed by atoms with Crippen molar-refractivity contribution in [1.82, 2.24) is 10.2 Å². The maximum atomic E-state index is 5.43. The van der Waals surface area contributed by atoms with Crippen LogP contribution in [0.3, 0.4) is 0 Å². The van der Waals surface area contributed by atoms with Crippen LogP contribution in [-0.4, -0.2) is 44.7 Å². The predicted molar refractivity (Wildman–Crippen MR) is 105 cm³/mol. The Bertz CT molecular complexity index is 644. The lowest BCUT2D eigenvalue weighted by Gasteiger charge is -2.38. The van der Waals surface area contributed by atoms with Gasteiger partial charge in [0.25, 0.3) is 0 Å². The molecule has 0 unspecified atom stereocenters. The second kappa shape index (κ2) is 7.85. The summed E-state index contributed by atoms with van der Waals surface area (Å²) in [6.45, 7) is 5.89. The summed E-state index contributed by atoms with van der Waals surface area (Å²) in [4.78, 5) is 7.30. The maximum absolute atomic E-state index is 5.43. The standard InChI is InChI=1S/C19H28BrN3O2/c1-4-21-18(23-9-8-19(13-23)6-5-7-19)22-12-14-10-15(20)17(25-3)16(11-14)24-2/h10-11H,4-9,12-13H2,1-3H3,(H,21,22). The van der Waals surface area contributed by atoms with Crippen LogP contribution in [0.5, 0.6) is 11.5 Å². The first-order chi connectivity index (χ1) is 12.1. The van der Waals surface area contributed by atoms with E-state index in [0.29, 0.717) is 17.7 Å². The van der Waals surface area contributed by atoms with Gasteiger partial charge in [-0.3, -0.25) is 0 Å². The summed E-state index contributed by atoms with van der Waals surface area (Å²) in [6, 6.07) is 4.04. The number of rotatable bonds is 5. The normalized spacial score (nSPS) is 19.0. The molecule has 1 aliphatic heterocycles. The fourth-order valence-electron chi connectivity index (χ4n) is 3.86. The van der Waals surface area contributed by atoms with Crippen molar-refractivity contribution in [2.24, 2.45) is 10.4 Å². The Hall–Kier alpha value is -1.43. The summed E-state index contributed by atoms with van der Waals surface area (Å²) in [5, 5.41) is 3.45. The van der Waals surface area contributed by atoms with Crippen LogP contribution in [0.1, 0.15) is 38.2 Å². The molecule has 1 saturated carbocycles. The molecular weight excluding hydrogens is 382 g/mol. The number of aliphatic imine (C=N–C) groups is 1. The zero-order valence-electron chi connectivity index (χ0n) is 15.4. The van der Waals surface area contributed by atoms with Crippen LogP contribution in [0.2, 0.25) is 0 Å². The Kier molecular flexibility index (Phi) is 5.77. The van der Waals surface area contributed by atoms with Crippen molar-refractivity contribution in [2.75, 3.05) is 33.9 Å². The Labute approximate surface area is 158 Å². The monoisotopic (exact) mass is 409 g/mol. The zero-order chi connectivity index (χ0) is 17.9. The molecule has 3 rings (SSSR count). The van der Waals surface area contributed by atoms with Gasteiger partial charge in [-0.2, -0.15) is 0 Å². The van der Waals surface area contributed by atoms with Crippen LogP contribution in [0.25, 0.3) is 0 Å². The lowest BCUT2D eigenvalue weighted by atomic mass is 9.68. The van der Waals surface area contributed by atoms with E-state index in [-0.39, 0.29) is 0 Å². The Morgan fingerprint density at radius 1 is 1.28 bits per heavy atom. The molecule has 2 aliphatic rings. The number of hydrogen-bond acceptors (Lipinski definition) is 3. The molecule has 0 atom stereocenters. The van der Waals surface area contributed by atoms with E-state index in [1.54, 1.807) is 14.2 Å². The van der Waals surface area contributed by atoms with Gasteiger partial charge in [0, 0.05) is 19.6 Å². The average molecular weight is 410 g/mol. The van der Waals surface area contributed by atoms with Crippen molar-refractivity contribution in [3.8, 4) is 11.5 Å². The number of nitrogens with one attached hydrogen (secondary N) is 1. The van der Waals surface area contributed by atoms with Gasteiger partial charge < -0.3 is 19.7 Å². The van der Waals surface area contributed by atoms with E-state index < -0.39 is 0 Å². The van der Waals surface area contributed by atoms with Gasteiger partial charge in [0.15, 0.2) is 17.5 Å². The average Bonchev–Trinajstić information content (AvgIpc) is 3.04. The number of nitrogens with zero attached hydrogens (tertiary/aromatic N) is 2. The third kappa shape index (κ3) is 3.89. The van der Waals surface area contributed by atoms with Crippen LogP contribution in [-0.2, 0) is 6.54 Å². The molecular formula is C19H28BrN3O2. The van der Waals surface area contributed by atoms with Crippen LogP contribution in [0, 0.1) is 5.41 Å². The largest absolute Gasteiger partial charge is 0.493 e. The van der Waals surface area contributed by atoms with Crippen LogP contribution < -0.4 is 14.8 Å². The summed E-state index contributed by atoms with van der Waals surface area (Å²) < 4.78 is 11.7. The molecule has 1 aromatic rings. The lowest BCUT2D eigenvalue weighted by Crippen LogP contribution is -2.42. The quantitative estimate of drug-likeness (QED) is 0.593. The third-order valence-electron chi connectivity index (χ3n) is 5.39. The molecule has 1 aliphatic carbocycles. The second-order valence-electron chi connectivity index (χ2n) is 7.01. The zero-order valence-corrected chi connectivity index (χ0v) is 17.0. The highest BCUT2D eigenvalue weighted by Gasteiger charge is 2.43. The third-order valence-corrected chi connectivity index (χ3v) is 5.98. The SMILES string of the molecule is CCNC(=NCc1cc(Br)c(OC)c(OC)c1)N1CCC2(CCC2)C1. The predicted octanol–water partition coefficient (Wildman–Crippen LogP) is 3.81. The molecule has 25 heavy (non-hydrogen) atoms. The minimum atomic E-state index is 0.572. The number of methoxy groups -OCH3 is 2. The van der Waals surface area contributed by atoms with Gasteiger partial charge in [0.2, 0.25) is 0 Å². The molecule has 1 heterocycles. The van der Waals surface area contributed by atoms with E-state index in [1.165, 1.54) is 25.7 Å². The highest BCUT2D eigenvalue weighted by Crippen LogP contribution is 2.47. The van der Waals surface area contributed by atoms with Crippen molar-refractivity contribution in [1.29, 1.82) is 0 Å². The molecule has 138 valence electrons. The van der Waals surface area contributed by atoms with Crippen molar-refractivity contribution < 1.29 is 9.47 Å². The first-order valence-electron chi connectivity index (χ1n) is 9.04. The summed E-state index contributed by atoms with van der Waals surface area (Å²) in [5.41, 5.74) is 1.67. The fourth-order valence-corrected chi connectivity index (χ4v) is 4.51. The Balaban J connectivity index is 1.74. The topological polar surface area (TPSA) is 46.1 Å². The first kappa shape index (κ1) is 18.4. The minimum Gasteiger partial charge on any atom is -0.493 e. The number of ether oxygens (including phenoxy) is 2. The molecule has 0 amide bonds. The van der Waals surface area contributed by atoms with Gasteiger partial charge in [-0.25, -0.2) is 4.99 Å². The number of benzene rings is 1. The molecule has 1 aromatic carbocycles. The maximum Gasteiger partial charge on any atom is 0.194 e. The summed E-state index contributed by atoms with van der Waals surface area (Å²) in [5.74, 6) is 2.47. The smallest absolute Gasteiger partial charge is 0.194 e. The number of guanidine groups is 1. The summed E-state index contributed by atoms with van der Waals surface area (Å²) in [6.07, 6.45) is 5.46. The highest BCUT2D eigenvalue weighted by molar-refractivity contribution is 9.10.